The van der Waals surface area contributed by atoms with Gasteiger partial charge in [0.15, 0.2) is 0 Å². The third-order valence-corrected chi connectivity index (χ3v) is 2.77. The van der Waals surface area contributed by atoms with E-state index in [1.54, 1.807) is 0 Å². The first-order valence-electron chi connectivity index (χ1n) is 6.17. The molecule has 1 aliphatic rings. The van der Waals surface area contributed by atoms with Crippen LogP contribution in [0.3, 0.4) is 0 Å². The molecule has 2 N–H and O–H groups in total. The summed E-state index contributed by atoms with van der Waals surface area (Å²) in [7, 11) is 0. The van der Waals surface area contributed by atoms with Crippen LogP contribution in [0.5, 0.6) is 0 Å². The molecule has 0 aliphatic carbocycles. The first-order chi connectivity index (χ1) is 8.84. The number of carbonyl (C=O) groups is 1. The summed E-state index contributed by atoms with van der Waals surface area (Å²) >= 11 is 0. The Kier molecular flexibility index (Phi) is 4.78. The van der Waals surface area contributed by atoms with E-state index >= 15 is 0 Å². The number of ether oxygens (including phenoxy) is 1. The highest BCUT2D eigenvalue weighted by molar-refractivity contribution is 5.67. The van der Waals surface area contributed by atoms with Gasteiger partial charge in [0.05, 0.1) is 0 Å². The summed E-state index contributed by atoms with van der Waals surface area (Å²) in [6.07, 6.45) is 4.62. The Balaban J connectivity index is 1.73. The van der Waals surface area contributed by atoms with Gasteiger partial charge in [0.1, 0.15) is 6.61 Å². The van der Waals surface area contributed by atoms with Crippen molar-refractivity contribution < 1.29 is 9.53 Å². The number of benzene rings is 1. The van der Waals surface area contributed by atoms with Crippen molar-refractivity contribution in [2.24, 2.45) is 0 Å². The third kappa shape index (κ3) is 4.22. The van der Waals surface area contributed by atoms with Gasteiger partial charge in [0.2, 0.25) is 0 Å². The third-order valence-electron chi connectivity index (χ3n) is 2.77. The van der Waals surface area contributed by atoms with Crippen LogP contribution in [-0.2, 0) is 11.3 Å². The number of alkyl carbamates (subject to hydrolysis) is 1. The molecule has 18 heavy (non-hydrogen) atoms. The largest absolute Gasteiger partial charge is 0.445 e. The molecule has 1 amide bonds. The molecule has 0 saturated heterocycles. The van der Waals surface area contributed by atoms with Gasteiger partial charge in [-0.25, -0.2) is 4.79 Å². The number of hydrogen-bond donors (Lipinski definition) is 2. The Morgan fingerprint density at radius 3 is 3.00 bits per heavy atom. The highest BCUT2D eigenvalue weighted by Gasteiger charge is 2.12. The second kappa shape index (κ2) is 6.81. The molecule has 1 aromatic rings. The van der Waals surface area contributed by atoms with Crippen molar-refractivity contribution in [3.63, 3.8) is 0 Å². The summed E-state index contributed by atoms with van der Waals surface area (Å²) in [4.78, 5) is 11.6. The van der Waals surface area contributed by atoms with Crippen LogP contribution in [0, 0.1) is 0 Å². The van der Waals surface area contributed by atoms with E-state index in [1.165, 1.54) is 0 Å². The zero-order valence-electron chi connectivity index (χ0n) is 10.3. The number of amides is 1. The second-order valence-corrected chi connectivity index (χ2v) is 4.27. The topological polar surface area (TPSA) is 50.4 Å². The van der Waals surface area contributed by atoms with E-state index in [9.17, 15) is 4.79 Å². The fourth-order valence-corrected chi connectivity index (χ4v) is 1.81. The van der Waals surface area contributed by atoms with Crippen LogP contribution in [0.15, 0.2) is 42.5 Å². The minimum absolute atomic E-state index is 0.104. The summed E-state index contributed by atoms with van der Waals surface area (Å²) < 4.78 is 5.17. The lowest BCUT2D eigenvalue weighted by molar-refractivity contribution is 0.135. The lowest BCUT2D eigenvalue weighted by Gasteiger charge is -2.15. The Morgan fingerprint density at radius 2 is 2.17 bits per heavy atom. The average molecular weight is 246 g/mol. The number of rotatable bonds is 3. The van der Waals surface area contributed by atoms with Crippen LogP contribution in [0.25, 0.3) is 0 Å². The minimum atomic E-state index is -0.360. The molecule has 0 spiro atoms. The van der Waals surface area contributed by atoms with Gasteiger partial charge in [-0.2, -0.15) is 0 Å². The molecule has 2 rings (SSSR count). The summed E-state index contributed by atoms with van der Waals surface area (Å²) in [6.45, 7) is 1.94. The number of carbonyl (C=O) groups excluding carboxylic acids is 1. The molecular formula is C14H18N2O2. The molecule has 4 heteroatoms. The minimum Gasteiger partial charge on any atom is -0.445 e. The molecule has 96 valence electrons. The van der Waals surface area contributed by atoms with E-state index in [0.29, 0.717) is 6.61 Å². The maximum atomic E-state index is 11.6. The average Bonchev–Trinajstić information content (AvgIpc) is 2.66. The van der Waals surface area contributed by atoms with E-state index in [1.807, 2.05) is 30.3 Å². The zero-order chi connectivity index (χ0) is 12.6. The number of nitrogens with one attached hydrogen (secondary N) is 2. The SMILES string of the molecule is O=C(N[C@@H]1CC=CCNC1)OCc1ccccc1. The van der Waals surface area contributed by atoms with Crippen molar-refractivity contribution >= 4 is 6.09 Å². The predicted molar refractivity (Wildman–Crippen MR) is 70.2 cm³/mol. The predicted octanol–water partition coefficient (Wildman–Crippen LogP) is 1.83. The Hall–Kier alpha value is -1.81. The molecule has 0 saturated carbocycles. The fraction of sp³-hybridized carbons (Fsp3) is 0.357. The normalized spacial score (nSPS) is 19.0. The monoisotopic (exact) mass is 246 g/mol. The highest BCUT2D eigenvalue weighted by atomic mass is 16.5. The van der Waals surface area contributed by atoms with Crippen LogP contribution in [0.1, 0.15) is 12.0 Å². The van der Waals surface area contributed by atoms with Crippen molar-refractivity contribution in [1.82, 2.24) is 10.6 Å². The van der Waals surface area contributed by atoms with Gasteiger partial charge in [-0.15, -0.1) is 0 Å². The van der Waals surface area contributed by atoms with Gasteiger partial charge >= 0.3 is 6.09 Å². The lowest BCUT2D eigenvalue weighted by atomic mass is 10.2. The Labute approximate surface area is 107 Å². The van der Waals surface area contributed by atoms with E-state index in [4.69, 9.17) is 4.74 Å². The van der Waals surface area contributed by atoms with Gasteiger partial charge in [-0.05, 0) is 12.0 Å². The van der Waals surface area contributed by atoms with E-state index < -0.39 is 0 Å². The maximum Gasteiger partial charge on any atom is 0.407 e. The van der Waals surface area contributed by atoms with Crippen LogP contribution < -0.4 is 10.6 Å². The van der Waals surface area contributed by atoms with Crippen molar-refractivity contribution in [3.8, 4) is 0 Å². The quantitative estimate of drug-likeness (QED) is 0.800. The summed E-state index contributed by atoms with van der Waals surface area (Å²) in [5.74, 6) is 0. The molecule has 0 aromatic heterocycles. The molecule has 1 heterocycles. The van der Waals surface area contributed by atoms with Gasteiger partial charge in [0.25, 0.3) is 0 Å². The van der Waals surface area contributed by atoms with Crippen LogP contribution in [-0.4, -0.2) is 25.2 Å². The van der Waals surface area contributed by atoms with Crippen LogP contribution >= 0.6 is 0 Å². The summed E-state index contributed by atoms with van der Waals surface area (Å²) in [5.41, 5.74) is 0.992. The van der Waals surface area contributed by atoms with Gasteiger partial charge in [-0.3, -0.25) is 0 Å². The molecule has 0 bridgehead atoms. The summed E-state index contributed by atoms with van der Waals surface area (Å²) in [5, 5.41) is 6.07. The molecule has 1 atom stereocenters. The van der Waals surface area contributed by atoms with E-state index in [0.717, 1.165) is 25.1 Å². The Bertz CT molecular complexity index is 404. The van der Waals surface area contributed by atoms with Crippen LogP contribution in [0.2, 0.25) is 0 Å². The van der Waals surface area contributed by atoms with Crippen molar-refractivity contribution in [2.75, 3.05) is 13.1 Å². The number of hydrogen-bond acceptors (Lipinski definition) is 3. The van der Waals surface area contributed by atoms with Gasteiger partial charge in [0, 0.05) is 19.1 Å². The standard InChI is InChI=1S/C14H18N2O2/c17-14(16-13-8-4-5-9-15-10-13)18-11-12-6-2-1-3-7-12/h1-7,13,15H,8-11H2,(H,16,17)/t13-/m1/s1. The molecule has 1 aromatic carbocycles. The molecule has 1 aliphatic heterocycles. The Morgan fingerprint density at radius 1 is 1.33 bits per heavy atom. The lowest BCUT2D eigenvalue weighted by Crippen LogP contribution is -2.41. The second-order valence-electron chi connectivity index (χ2n) is 4.27. The first kappa shape index (κ1) is 12.6. The van der Waals surface area contributed by atoms with Crippen molar-refractivity contribution in [2.45, 2.75) is 19.1 Å². The maximum absolute atomic E-state index is 11.6. The molecule has 0 radical (unpaired) electrons. The van der Waals surface area contributed by atoms with E-state index in [-0.39, 0.29) is 12.1 Å². The summed E-state index contributed by atoms with van der Waals surface area (Å²) in [6, 6.07) is 9.76. The smallest absolute Gasteiger partial charge is 0.407 e. The van der Waals surface area contributed by atoms with Crippen molar-refractivity contribution in [3.05, 3.63) is 48.0 Å². The van der Waals surface area contributed by atoms with E-state index in [2.05, 4.69) is 22.8 Å². The van der Waals surface area contributed by atoms with Crippen molar-refractivity contribution in [1.29, 1.82) is 0 Å². The highest BCUT2D eigenvalue weighted by Crippen LogP contribution is 2.02. The molecule has 0 unspecified atom stereocenters. The molecule has 4 nitrogen and oxygen atoms in total. The molecular weight excluding hydrogens is 228 g/mol. The molecule has 0 fully saturated rings. The first-order valence-corrected chi connectivity index (χ1v) is 6.17. The van der Waals surface area contributed by atoms with Crippen LogP contribution in [0.4, 0.5) is 4.79 Å². The fourth-order valence-electron chi connectivity index (χ4n) is 1.81. The van der Waals surface area contributed by atoms with Gasteiger partial charge in [-0.1, -0.05) is 42.5 Å². The van der Waals surface area contributed by atoms with Gasteiger partial charge < -0.3 is 15.4 Å². The zero-order valence-corrected chi connectivity index (χ0v) is 10.3.